The van der Waals surface area contributed by atoms with Gasteiger partial charge in [0.15, 0.2) is 0 Å². The lowest BCUT2D eigenvalue weighted by atomic mass is 10.2. The highest BCUT2D eigenvalue weighted by Gasteiger charge is 1.98. The standard InChI is InChI=1S/C22H34O2/c1-3-5-6-7-8-9-10-11-12-13-14-15-16-17-18-19-20-21-22(23)24-4-2/h5-6,8-9,11-12,14-15,17-18H,3-4,7,10,13,16,19-21H2,1-2H3/b6-5-,9-8+,12-11-,15-14-,18-17+. The first-order valence-electron chi connectivity index (χ1n) is 9.21. The van der Waals surface area contributed by atoms with Gasteiger partial charge in [0.05, 0.1) is 6.61 Å². The van der Waals surface area contributed by atoms with Crippen molar-refractivity contribution < 1.29 is 9.53 Å². The maximum absolute atomic E-state index is 11.1. The summed E-state index contributed by atoms with van der Waals surface area (Å²) in [6, 6.07) is 0. The molecule has 0 rings (SSSR count). The molecule has 0 heterocycles. The summed E-state index contributed by atoms with van der Waals surface area (Å²) in [7, 11) is 0. The molecule has 2 nitrogen and oxygen atoms in total. The number of esters is 1. The summed E-state index contributed by atoms with van der Waals surface area (Å²) in [5.74, 6) is -0.0927. The molecule has 0 N–H and O–H groups in total. The Kier molecular flexibility index (Phi) is 17.8. The van der Waals surface area contributed by atoms with E-state index < -0.39 is 0 Å². The minimum atomic E-state index is -0.0927. The van der Waals surface area contributed by atoms with E-state index in [0.717, 1.165) is 44.9 Å². The van der Waals surface area contributed by atoms with Crippen LogP contribution in [0.4, 0.5) is 0 Å². The van der Waals surface area contributed by atoms with E-state index >= 15 is 0 Å². The van der Waals surface area contributed by atoms with Crippen molar-refractivity contribution in [1.82, 2.24) is 0 Å². The van der Waals surface area contributed by atoms with Crippen molar-refractivity contribution >= 4 is 5.97 Å². The van der Waals surface area contributed by atoms with Crippen LogP contribution >= 0.6 is 0 Å². The molecule has 0 aliphatic rings. The summed E-state index contributed by atoms with van der Waals surface area (Å²) < 4.78 is 4.88. The summed E-state index contributed by atoms with van der Waals surface area (Å²) in [6.07, 6.45) is 29.3. The quantitative estimate of drug-likeness (QED) is 0.207. The van der Waals surface area contributed by atoms with E-state index in [1.54, 1.807) is 0 Å². The fraction of sp³-hybridized carbons (Fsp3) is 0.500. The average Bonchev–Trinajstić information content (AvgIpc) is 2.58. The van der Waals surface area contributed by atoms with E-state index in [2.05, 4.69) is 67.7 Å². The Morgan fingerprint density at radius 3 is 1.62 bits per heavy atom. The molecule has 0 aliphatic heterocycles. The topological polar surface area (TPSA) is 26.3 Å². The highest BCUT2D eigenvalue weighted by Crippen LogP contribution is 2.00. The number of allylic oxidation sites excluding steroid dienone is 10. The number of carbonyl (C=O) groups excluding carboxylic acids is 1. The van der Waals surface area contributed by atoms with Gasteiger partial charge in [-0.1, -0.05) is 67.7 Å². The molecule has 0 spiro atoms. The van der Waals surface area contributed by atoms with E-state index in [-0.39, 0.29) is 5.97 Å². The van der Waals surface area contributed by atoms with Crippen molar-refractivity contribution in [2.45, 2.75) is 65.2 Å². The molecule has 0 radical (unpaired) electrons. The summed E-state index contributed by atoms with van der Waals surface area (Å²) in [5, 5.41) is 0. The summed E-state index contributed by atoms with van der Waals surface area (Å²) in [5.41, 5.74) is 0. The van der Waals surface area contributed by atoms with Gasteiger partial charge in [0.25, 0.3) is 0 Å². The molecule has 0 aromatic rings. The van der Waals surface area contributed by atoms with Crippen LogP contribution in [0.25, 0.3) is 0 Å². The molecular weight excluding hydrogens is 296 g/mol. The molecule has 0 aromatic heterocycles. The van der Waals surface area contributed by atoms with Gasteiger partial charge in [0.2, 0.25) is 0 Å². The highest BCUT2D eigenvalue weighted by molar-refractivity contribution is 5.69. The monoisotopic (exact) mass is 330 g/mol. The highest BCUT2D eigenvalue weighted by atomic mass is 16.5. The van der Waals surface area contributed by atoms with Gasteiger partial charge < -0.3 is 4.74 Å². The number of ether oxygens (including phenoxy) is 1. The smallest absolute Gasteiger partial charge is 0.305 e. The maximum Gasteiger partial charge on any atom is 0.305 e. The van der Waals surface area contributed by atoms with Crippen LogP contribution in [0, 0.1) is 0 Å². The van der Waals surface area contributed by atoms with Gasteiger partial charge >= 0.3 is 5.97 Å². The molecule has 2 heteroatoms. The SMILES string of the molecule is CC/C=C\C/C=C/C/C=C\C/C=C\C/C=C/CCCC(=O)OCC. The van der Waals surface area contributed by atoms with Gasteiger partial charge in [-0.3, -0.25) is 4.79 Å². The van der Waals surface area contributed by atoms with Gasteiger partial charge in [0.1, 0.15) is 0 Å². The van der Waals surface area contributed by atoms with E-state index in [0.29, 0.717) is 13.0 Å². The molecule has 0 unspecified atom stereocenters. The van der Waals surface area contributed by atoms with Crippen LogP contribution in [-0.2, 0) is 9.53 Å². The van der Waals surface area contributed by atoms with Crippen LogP contribution < -0.4 is 0 Å². The minimum Gasteiger partial charge on any atom is -0.466 e. The molecule has 0 aromatic carbocycles. The normalized spacial score (nSPS) is 12.6. The van der Waals surface area contributed by atoms with E-state index in [4.69, 9.17) is 4.74 Å². The number of carbonyl (C=O) groups is 1. The van der Waals surface area contributed by atoms with Crippen LogP contribution in [-0.4, -0.2) is 12.6 Å². The predicted octanol–water partition coefficient (Wildman–Crippen LogP) is 6.47. The third-order valence-corrected chi connectivity index (χ3v) is 3.21. The first-order chi connectivity index (χ1) is 11.8. The lowest BCUT2D eigenvalue weighted by molar-refractivity contribution is -0.143. The molecule has 24 heavy (non-hydrogen) atoms. The largest absolute Gasteiger partial charge is 0.466 e. The Hall–Kier alpha value is -1.83. The van der Waals surface area contributed by atoms with Crippen LogP contribution in [0.1, 0.15) is 65.2 Å². The number of hydrogen-bond donors (Lipinski definition) is 0. The second kappa shape index (κ2) is 19.2. The van der Waals surface area contributed by atoms with Crippen molar-refractivity contribution in [3.63, 3.8) is 0 Å². The first kappa shape index (κ1) is 22.2. The van der Waals surface area contributed by atoms with Crippen LogP contribution in [0.15, 0.2) is 60.8 Å². The second-order valence-electron chi connectivity index (χ2n) is 5.41. The molecule has 134 valence electrons. The summed E-state index contributed by atoms with van der Waals surface area (Å²) in [4.78, 5) is 11.1. The Morgan fingerprint density at radius 1 is 0.708 bits per heavy atom. The molecule has 0 saturated heterocycles. The van der Waals surface area contributed by atoms with Gasteiger partial charge in [-0.2, -0.15) is 0 Å². The molecule has 0 atom stereocenters. The maximum atomic E-state index is 11.1. The van der Waals surface area contributed by atoms with Crippen molar-refractivity contribution in [1.29, 1.82) is 0 Å². The Labute approximate surface area is 148 Å². The van der Waals surface area contributed by atoms with Crippen molar-refractivity contribution in [3.8, 4) is 0 Å². The summed E-state index contributed by atoms with van der Waals surface area (Å²) >= 11 is 0. The fourth-order valence-electron chi connectivity index (χ4n) is 1.97. The van der Waals surface area contributed by atoms with Gasteiger partial charge in [-0.25, -0.2) is 0 Å². The summed E-state index contributed by atoms with van der Waals surface area (Å²) in [6.45, 7) is 4.46. The zero-order valence-corrected chi connectivity index (χ0v) is 15.5. The van der Waals surface area contributed by atoms with Crippen molar-refractivity contribution in [2.75, 3.05) is 6.61 Å². The number of hydrogen-bond acceptors (Lipinski definition) is 2. The molecule has 0 fully saturated rings. The average molecular weight is 331 g/mol. The Balaban J connectivity index is 3.48. The van der Waals surface area contributed by atoms with Crippen molar-refractivity contribution in [3.05, 3.63) is 60.8 Å². The Morgan fingerprint density at radius 2 is 1.17 bits per heavy atom. The minimum absolute atomic E-state index is 0.0927. The second-order valence-corrected chi connectivity index (χ2v) is 5.41. The van der Waals surface area contributed by atoms with E-state index in [1.807, 2.05) is 6.92 Å². The number of rotatable bonds is 14. The van der Waals surface area contributed by atoms with E-state index in [9.17, 15) is 4.79 Å². The Bertz CT molecular complexity index is 425. The lowest BCUT2D eigenvalue weighted by Gasteiger charge is -1.98. The third kappa shape index (κ3) is 18.2. The van der Waals surface area contributed by atoms with E-state index in [1.165, 1.54) is 0 Å². The fourth-order valence-corrected chi connectivity index (χ4v) is 1.97. The lowest BCUT2D eigenvalue weighted by Crippen LogP contribution is -2.02. The molecule has 0 amide bonds. The predicted molar refractivity (Wildman–Crippen MR) is 105 cm³/mol. The van der Waals surface area contributed by atoms with Crippen LogP contribution in [0.3, 0.4) is 0 Å². The van der Waals surface area contributed by atoms with Crippen molar-refractivity contribution in [2.24, 2.45) is 0 Å². The molecule has 0 aliphatic carbocycles. The zero-order chi connectivity index (χ0) is 17.7. The zero-order valence-electron chi connectivity index (χ0n) is 15.5. The van der Waals surface area contributed by atoms with Crippen LogP contribution in [0.2, 0.25) is 0 Å². The van der Waals surface area contributed by atoms with Gasteiger partial charge in [0, 0.05) is 6.42 Å². The van der Waals surface area contributed by atoms with Gasteiger partial charge in [-0.05, 0) is 51.9 Å². The van der Waals surface area contributed by atoms with Crippen LogP contribution in [0.5, 0.6) is 0 Å². The number of unbranched alkanes of at least 4 members (excludes halogenated alkanes) is 1. The first-order valence-corrected chi connectivity index (χ1v) is 9.21. The molecule has 0 bridgehead atoms. The molecular formula is C22H34O2. The third-order valence-electron chi connectivity index (χ3n) is 3.21. The molecule has 0 saturated carbocycles. The van der Waals surface area contributed by atoms with Gasteiger partial charge in [-0.15, -0.1) is 0 Å².